The number of rotatable bonds is 14. The van der Waals surface area contributed by atoms with Crippen LogP contribution in [0.5, 0.6) is 11.5 Å². The second kappa shape index (κ2) is 48.7. The van der Waals surface area contributed by atoms with Crippen LogP contribution in [0.2, 0.25) is 0 Å². The first-order chi connectivity index (χ1) is 62.9. The standard InChI is InChI=1S/C25H29F3.C20H25F5O.C20H27F3O.C20H27F3.C13H15F3.C13H16F2.10H2/c1-16-2-4-17(5-3-16)18-6-8-19(9-7-18)20-10-12-21(13-11-20)22-14-23(26)25(28)24(27)15-22;1-12-2-4-13(5-3-12)14-6-8-15(9-7-14)16-10-17(21)19(18(22)11-16)26-20(23,24)25;1-14-2-4-15(5-3-14)16-6-8-17(9-7-16)18-10-12-19(13-11-18)24-20(21,22)23;1-13-2-6-16(7-3-13)17-8-4-14(5-9-17)10-15-11-18(21)20(23)19(22)12-15;1-8-2-4-9(5-3-8)10-6-11(14)13(16)12(15)7-10;1-9-2-4-10(5-3-9)11-6-7-12(14)13(15)8-11;;;;;;;;;;/h10-19H,2-9H2,1H3;10-15H,2-9H2,1H3;10-17H,2-9H2,1H3;11-14,16-17H,2-10H2,1H3;6-9H,2-5H2,1H3;6-10H,2-5H2,1H3;10*1H. The molecule has 132 heavy (non-hydrogen) atoms. The van der Waals surface area contributed by atoms with E-state index in [4.69, 9.17) is 0 Å². The van der Waals surface area contributed by atoms with Crippen molar-refractivity contribution < 1.29 is 107 Å². The van der Waals surface area contributed by atoms with E-state index in [9.17, 15) is 83.4 Å². The summed E-state index contributed by atoms with van der Waals surface area (Å²) in [7, 11) is 0. The summed E-state index contributed by atoms with van der Waals surface area (Å²) in [5, 5.41) is 0. The van der Waals surface area contributed by atoms with Crippen LogP contribution in [0, 0.1) is 164 Å². The third kappa shape index (κ3) is 30.7. The van der Waals surface area contributed by atoms with Gasteiger partial charge in [-0.15, -0.1) is 26.3 Å². The second-order valence-electron chi connectivity index (χ2n) is 42.0. The molecule has 0 bridgehead atoms. The summed E-state index contributed by atoms with van der Waals surface area (Å²) in [5.41, 5.74) is 6.14. The Balaban J connectivity index is 0.000000574. The molecule has 21 heteroatoms. The number of hydrogen-bond acceptors (Lipinski definition) is 2. The molecule has 10 fully saturated rings. The third-order valence-corrected chi connectivity index (χ3v) is 32.6. The molecule has 0 heterocycles. The van der Waals surface area contributed by atoms with Crippen LogP contribution in [-0.2, 0) is 6.42 Å². The summed E-state index contributed by atoms with van der Waals surface area (Å²) in [6.45, 7) is 13.8. The Morgan fingerprint density at radius 1 is 0.227 bits per heavy atom. The number of hydrogen-bond donors (Lipinski definition) is 0. The Morgan fingerprint density at radius 2 is 0.470 bits per heavy atom. The van der Waals surface area contributed by atoms with E-state index in [0.29, 0.717) is 69.7 Å². The summed E-state index contributed by atoms with van der Waals surface area (Å²) in [5.74, 6) is -2.34. The van der Waals surface area contributed by atoms with E-state index in [1.807, 2.05) is 12.1 Å². The molecule has 0 saturated heterocycles. The van der Waals surface area contributed by atoms with E-state index < -0.39 is 94.1 Å². The molecule has 10 saturated carbocycles. The van der Waals surface area contributed by atoms with Crippen molar-refractivity contribution in [1.82, 2.24) is 0 Å². The zero-order valence-corrected chi connectivity index (χ0v) is 78.0. The molecule has 7 aromatic carbocycles. The first-order valence-corrected chi connectivity index (χ1v) is 50.0. The number of ether oxygens (including phenoxy) is 2. The second-order valence-corrected chi connectivity index (χ2v) is 42.0. The monoisotopic (exact) mass is 1890 g/mol. The van der Waals surface area contributed by atoms with E-state index in [2.05, 4.69) is 63.1 Å². The minimum absolute atomic E-state index is 0. The minimum atomic E-state index is -5.11. The first-order valence-electron chi connectivity index (χ1n) is 50.0. The maximum absolute atomic E-state index is 13.9. The van der Waals surface area contributed by atoms with Gasteiger partial charge in [-0.3, -0.25) is 0 Å². The van der Waals surface area contributed by atoms with Crippen LogP contribution in [0.4, 0.5) is 83.4 Å². The molecular weight excluding hydrogens is 1730 g/mol. The van der Waals surface area contributed by atoms with Crippen LogP contribution < -0.4 is 9.47 Å². The lowest BCUT2D eigenvalue weighted by Crippen LogP contribution is -2.25. The lowest BCUT2D eigenvalue weighted by molar-refractivity contribution is -0.277. The average molecular weight is 1890 g/mol. The van der Waals surface area contributed by atoms with Crippen molar-refractivity contribution >= 4 is 0 Å². The van der Waals surface area contributed by atoms with Crippen molar-refractivity contribution in [2.45, 2.75) is 347 Å². The Bertz CT molecular complexity index is 4620. The van der Waals surface area contributed by atoms with Gasteiger partial charge >= 0.3 is 12.7 Å². The summed E-state index contributed by atoms with van der Waals surface area (Å²) in [6, 6.07) is 27.4. The Labute approximate surface area is 786 Å². The lowest BCUT2D eigenvalue weighted by atomic mass is 9.68. The molecule has 0 amide bonds. The van der Waals surface area contributed by atoms with E-state index in [0.717, 1.165) is 221 Å². The molecule has 0 N–H and O–H groups in total. The van der Waals surface area contributed by atoms with Gasteiger partial charge < -0.3 is 9.47 Å². The van der Waals surface area contributed by atoms with Crippen molar-refractivity contribution in [3.05, 3.63) is 224 Å². The fourth-order valence-corrected chi connectivity index (χ4v) is 24.1. The molecule has 0 aliphatic heterocycles. The predicted octanol–water partition coefficient (Wildman–Crippen LogP) is 38.9. The van der Waals surface area contributed by atoms with Crippen LogP contribution in [-0.4, -0.2) is 12.7 Å². The van der Waals surface area contributed by atoms with Crippen LogP contribution in [0.15, 0.2) is 115 Å². The molecule has 0 radical (unpaired) electrons. The highest BCUT2D eigenvalue weighted by Gasteiger charge is 2.39. The van der Waals surface area contributed by atoms with Gasteiger partial charge in [-0.2, -0.15) is 0 Å². The van der Waals surface area contributed by atoms with Gasteiger partial charge in [-0.1, -0.05) is 161 Å². The zero-order chi connectivity index (χ0) is 94.7. The van der Waals surface area contributed by atoms with Gasteiger partial charge in [0.1, 0.15) is 5.75 Å². The molecule has 0 aromatic heterocycles. The van der Waals surface area contributed by atoms with Crippen molar-refractivity contribution in [3.63, 3.8) is 0 Å². The van der Waals surface area contributed by atoms with E-state index in [1.165, 1.54) is 197 Å². The summed E-state index contributed by atoms with van der Waals surface area (Å²) in [4.78, 5) is 0. The quantitative estimate of drug-likeness (QED) is 0.0798. The summed E-state index contributed by atoms with van der Waals surface area (Å²) >= 11 is 0. The maximum Gasteiger partial charge on any atom is 0.573 e. The molecule has 748 valence electrons. The van der Waals surface area contributed by atoms with E-state index in [-0.39, 0.29) is 31.9 Å². The van der Waals surface area contributed by atoms with Crippen LogP contribution in [0.25, 0.3) is 11.1 Å². The SMILES string of the molecule is CC1CCC(C2CCC(Cc3cc(F)c(F)c(F)c3)CC2)CC1.CC1CCC(C2CCC(c3cc(F)c(OC(F)(F)F)c(F)c3)CC2)CC1.CC1CCC(C2CCC(c3ccc(-c4cc(F)c(F)c(F)c4)cc3)CC2)CC1.CC1CCC(C2CCC(c3ccc(OC(F)(F)F)cc3)CC2)CC1.CC1CCC(c2cc(F)c(F)c(F)c2)CC1.CC1CCC(c2ccc(F)c(F)c2)CC1.[HH].[HH].[HH].[HH].[HH].[HH].[HH].[HH].[HH].[HH]. The Hall–Kier alpha value is -7.19. The van der Waals surface area contributed by atoms with Crippen molar-refractivity contribution in [2.24, 2.45) is 88.8 Å². The fourth-order valence-electron chi connectivity index (χ4n) is 24.1. The van der Waals surface area contributed by atoms with Gasteiger partial charge in [0.25, 0.3) is 0 Å². The number of benzene rings is 7. The van der Waals surface area contributed by atoms with Gasteiger partial charge in [-0.25, -0.2) is 57.1 Å². The van der Waals surface area contributed by atoms with Crippen LogP contribution in [0.1, 0.15) is 376 Å². The van der Waals surface area contributed by atoms with Gasteiger partial charge in [0, 0.05) is 14.3 Å². The summed E-state index contributed by atoms with van der Waals surface area (Å²) < 4.78 is 253. The molecule has 10 aliphatic carbocycles. The molecule has 0 unspecified atom stereocenters. The molecular formula is C111H159F19O2. The molecule has 7 aromatic rings. The maximum atomic E-state index is 13.9. The molecule has 0 spiro atoms. The Morgan fingerprint density at radius 3 is 0.788 bits per heavy atom. The highest BCUT2D eigenvalue weighted by molar-refractivity contribution is 5.64. The normalized spacial score (nSPS) is 29.4. The highest BCUT2D eigenvalue weighted by atomic mass is 19.4. The van der Waals surface area contributed by atoms with Gasteiger partial charge in [-0.05, 0) is 422 Å². The molecule has 10 aliphatic rings. The fraction of sp³-hybridized carbons (Fsp3) is 0.622. The third-order valence-electron chi connectivity index (χ3n) is 32.6. The predicted molar refractivity (Wildman–Crippen MR) is 507 cm³/mol. The first kappa shape index (κ1) is 104. The molecule has 2 nitrogen and oxygen atoms in total. The Kier molecular flexibility index (Phi) is 38.3. The lowest BCUT2D eigenvalue weighted by Gasteiger charge is -2.37. The minimum Gasteiger partial charge on any atom is -0.406 e. The van der Waals surface area contributed by atoms with Crippen LogP contribution >= 0.6 is 0 Å². The number of halogens is 19. The molecule has 17 rings (SSSR count). The highest BCUT2D eigenvalue weighted by Crippen LogP contribution is 2.50. The topological polar surface area (TPSA) is 18.5 Å². The van der Waals surface area contributed by atoms with E-state index >= 15 is 0 Å². The van der Waals surface area contributed by atoms with Crippen molar-refractivity contribution in [1.29, 1.82) is 0 Å². The van der Waals surface area contributed by atoms with Crippen molar-refractivity contribution in [3.8, 4) is 22.6 Å². The van der Waals surface area contributed by atoms with Gasteiger partial charge in [0.05, 0.1) is 0 Å². The zero-order valence-electron chi connectivity index (χ0n) is 78.0. The number of alkyl halides is 6. The summed E-state index contributed by atoms with van der Waals surface area (Å²) in [6.07, 6.45) is 39.8. The van der Waals surface area contributed by atoms with Gasteiger partial charge in [0.2, 0.25) is 5.75 Å². The van der Waals surface area contributed by atoms with Crippen molar-refractivity contribution in [2.75, 3.05) is 0 Å². The average Bonchev–Trinajstić information content (AvgIpc) is 0.809. The van der Waals surface area contributed by atoms with Gasteiger partial charge in [0.15, 0.2) is 75.6 Å². The largest absolute Gasteiger partial charge is 0.573 e. The van der Waals surface area contributed by atoms with E-state index in [1.54, 1.807) is 18.2 Å². The van der Waals surface area contributed by atoms with Crippen LogP contribution in [0.3, 0.4) is 0 Å². The molecule has 0 atom stereocenters. The smallest absolute Gasteiger partial charge is 0.406 e.